The second-order valence-electron chi connectivity index (χ2n) is 2.57. The van der Waals surface area contributed by atoms with Crippen molar-refractivity contribution in [2.24, 2.45) is 0 Å². The van der Waals surface area contributed by atoms with Crippen LogP contribution in [0.1, 0.15) is 18.2 Å². The highest BCUT2D eigenvalue weighted by Gasteiger charge is 2.15. The maximum absolute atomic E-state index is 4.33. The summed E-state index contributed by atoms with van der Waals surface area (Å²) < 4.78 is 3.02. The molecule has 1 aliphatic rings. The van der Waals surface area contributed by atoms with Crippen LogP contribution < -0.4 is 0 Å². The van der Waals surface area contributed by atoms with Gasteiger partial charge in [-0.05, 0) is 22.9 Å². The minimum Gasteiger partial charge on any atom is -0.268 e. The van der Waals surface area contributed by atoms with Gasteiger partial charge in [0.05, 0.1) is 5.69 Å². The first kappa shape index (κ1) is 7.10. The van der Waals surface area contributed by atoms with Gasteiger partial charge in [-0.25, -0.2) is 0 Å². The first-order chi connectivity index (χ1) is 5.33. The molecule has 1 heterocycles. The number of rotatable bonds is 1. The Bertz CT molecular complexity index is 312. The van der Waals surface area contributed by atoms with Gasteiger partial charge in [0.2, 0.25) is 0 Å². The molecule has 3 heteroatoms. The molecule has 0 saturated heterocycles. The van der Waals surface area contributed by atoms with Crippen LogP contribution in [-0.2, 0) is 13.0 Å². The third-order valence-electron chi connectivity index (χ3n) is 1.95. The molecule has 1 aromatic heterocycles. The molecule has 0 bridgehead atoms. The molecule has 0 N–H and O–H groups in total. The van der Waals surface area contributed by atoms with Crippen molar-refractivity contribution < 1.29 is 0 Å². The molecule has 2 rings (SSSR count). The zero-order chi connectivity index (χ0) is 7.84. The minimum atomic E-state index is 0.954. The van der Waals surface area contributed by atoms with E-state index < -0.39 is 0 Å². The van der Waals surface area contributed by atoms with Crippen LogP contribution in [0.5, 0.6) is 0 Å². The quantitative estimate of drug-likeness (QED) is 0.699. The lowest BCUT2D eigenvalue weighted by Gasteiger charge is -1.98. The van der Waals surface area contributed by atoms with Crippen molar-refractivity contribution in [3.05, 3.63) is 21.9 Å². The summed E-state index contributed by atoms with van der Waals surface area (Å²) in [5, 5.41) is 4.33. The molecule has 0 radical (unpaired) electrons. The van der Waals surface area contributed by atoms with Crippen LogP contribution in [0, 0.1) is 0 Å². The predicted octanol–water partition coefficient (Wildman–Crippen LogP) is 2.23. The van der Waals surface area contributed by atoms with Gasteiger partial charge >= 0.3 is 0 Å². The molecule has 0 fully saturated rings. The fourth-order valence-corrected chi connectivity index (χ4v) is 1.96. The zero-order valence-corrected chi connectivity index (χ0v) is 7.93. The monoisotopic (exact) mass is 212 g/mol. The highest BCUT2D eigenvalue weighted by molar-refractivity contribution is 9.10. The van der Waals surface area contributed by atoms with Gasteiger partial charge in [0.1, 0.15) is 4.60 Å². The first-order valence-corrected chi connectivity index (χ1v) is 4.54. The van der Waals surface area contributed by atoms with Crippen molar-refractivity contribution in [2.75, 3.05) is 0 Å². The van der Waals surface area contributed by atoms with E-state index in [1.807, 2.05) is 4.68 Å². The molecule has 58 valence electrons. The van der Waals surface area contributed by atoms with Gasteiger partial charge in [0, 0.05) is 18.5 Å². The second-order valence-corrected chi connectivity index (χ2v) is 3.32. The molecule has 0 atom stereocenters. The predicted molar refractivity (Wildman–Crippen MR) is 48.3 cm³/mol. The molecule has 0 saturated carbocycles. The fourth-order valence-electron chi connectivity index (χ4n) is 1.41. The van der Waals surface area contributed by atoms with Gasteiger partial charge in [-0.3, -0.25) is 4.68 Å². The standard InChI is InChI=1S/C8H9BrN2/c1-2-11-7-5-3-4-6(7)8(9)10-11/h3-4H,2,5H2,1H3. The lowest BCUT2D eigenvalue weighted by atomic mass is 10.3. The average Bonchev–Trinajstić information content (AvgIpc) is 2.54. The van der Waals surface area contributed by atoms with E-state index in [-0.39, 0.29) is 0 Å². The van der Waals surface area contributed by atoms with Crippen LogP contribution in [0.15, 0.2) is 10.7 Å². The third kappa shape index (κ3) is 0.948. The summed E-state index contributed by atoms with van der Waals surface area (Å²) in [6.45, 7) is 3.06. The number of halogens is 1. The number of hydrogen-bond donors (Lipinski definition) is 0. The van der Waals surface area contributed by atoms with Crippen molar-refractivity contribution in [2.45, 2.75) is 19.9 Å². The zero-order valence-electron chi connectivity index (χ0n) is 6.34. The average molecular weight is 213 g/mol. The van der Waals surface area contributed by atoms with E-state index in [9.17, 15) is 0 Å². The van der Waals surface area contributed by atoms with Gasteiger partial charge in [0.25, 0.3) is 0 Å². The van der Waals surface area contributed by atoms with E-state index in [0.717, 1.165) is 17.6 Å². The molecule has 0 aliphatic heterocycles. The Morgan fingerprint density at radius 3 is 3.27 bits per heavy atom. The molecule has 0 amide bonds. The van der Waals surface area contributed by atoms with Crippen molar-refractivity contribution >= 4 is 22.0 Å². The Morgan fingerprint density at radius 2 is 2.55 bits per heavy atom. The number of allylic oxidation sites excluding steroid dienone is 1. The molecule has 0 spiro atoms. The molecule has 1 aromatic rings. The number of nitrogens with zero attached hydrogens (tertiary/aromatic N) is 2. The summed E-state index contributed by atoms with van der Waals surface area (Å²) in [4.78, 5) is 0. The molecule has 2 nitrogen and oxygen atoms in total. The lowest BCUT2D eigenvalue weighted by molar-refractivity contribution is 0.629. The van der Waals surface area contributed by atoms with Crippen LogP contribution >= 0.6 is 15.9 Å². The van der Waals surface area contributed by atoms with E-state index in [1.54, 1.807) is 0 Å². The molecule has 11 heavy (non-hydrogen) atoms. The van der Waals surface area contributed by atoms with E-state index in [4.69, 9.17) is 0 Å². The van der Waals surface area contributed by atoms with Crippen molar-refractivity contribution in [3.8, 4) is 0 Å². The van der Waals surface area contributed by atoms with Crippen LogP contribution in [-0.4, -0.2) is 9.78 Å². The lowest BCUT2D eigenvalue weighted by Crippen LogP contribution is -2.00. The number of aryl methyl sites for hydroxylation is 1. The third-order valence-corrected chi connectivity index (χ3v) is 2.53. The van der Waals surface area contributed by atoms with Crippen molar-refractivity contribution in [1.29, 1.82) is 0 Å². The number of hydrogen-bond acceptors (Lipinski definition) is 1. The maximum Gasteiger partial charge on any atom is 0.135 e. The fraction of sp³-hybridized carbons (Fsp3) is 0.375. The highest BCUT2D eigenvalue weighted by atomic mass is 79.9. The van der Waals surface area contributed by atoms with Gasteiger partial charge in [0.15, 0.2) is 0 Å². The molecule has 1 aliphatic carbocycles. The van der Waals surface area contributed by atoms with Crippen LogP contribution in [0.4, 0.5) is 0 Å². The number of fused-ring (bicyclic) bond motifs is 1. The Labute approximate surface area is 74.0 Å². The molecular formula is C8H9BrN2. The SMILES string of the molecule is CCn1nc(Br)c2c1CC=C2. The van der Waals surface area contributed by atoms with Crippen molar-refractivity contribution in [3.63, 3.8) is 0 Å². The van der Waals surface area contributed by atoms with E-state index in [2.05, 4.69) is 40.1 Å². The topological polar surface area (TPSA) is 17.8 Å². The van der Waals surface area contributed by atoms with Crippen LogP contribution in [0.25, 0.3) is 6.08 Å². The minimum absolute atomic E-state index is 0.954. The summed E-state index contributed by atoms with van der Waals surface area (Å²) in [7, 11) is 0. The van der Waals surface area contributed by atoms with Crippen molar-refractivity contribution in [1.82, 2.24) is 9.78 Å². The second kappa shape index (κ2) is 2.48. The molecule has 0 unspecified atom stereocenters. The number of aromatic nitrogens is 2. The first-order valence-electron chi connectivity index (χ1n) is 3.74. The van der Waals surface area contributed by atoms with Gasteiger partial charge < -0.3 is 0 Å². The Morgan fingerprint density at radius 1 is 1.73 bits per heavy atom. The van der Waals surface area contributed by atoms with E-state index in [1.165, 1.54) is 11.3 Å². The van der Waals surface area contributed by atoms with Crippen LogP contribution in [0.3, 0.4) is 0 Å². The summed E-state index contributed by atoms with van der Waals surface area (Å²) in [5.41, 5.74) is 2.59. The van der Waals surface area contributed by atoms with Crippen LogP contribution in [0.2, 0.25) is 0 Å². The normalized spacial score (nSPS) is 14.0. The summed E-state index contributed by atoms with van der Waals surface area (Å²) in [5.74, 6) is 0. The maximum atomic E-state index is 4.33. The molecule has 0 aromatic carbocycles. The summed E-state index contributed by atoms with van der Waals surface area (Å²) in [6.07, 6.45) is 5.32. The van der Waals surface area contributed by atoms with Gasteiger partial charge in [-0.15, -0.1) is 0 Å². The largest absolute Gasteiger partial charge is 0.268 e. The van der Waals surface area contributed by atoms with E-state index in [0.29, 0.717) is 0 Å². The van der Waals surface area contributed by atoms with E-state index >= 15 is 0 Å². The smallest absolute Gasteiger partial charge is 0.135 e. The highest BCUT2D eigenvalue weighted by Crippen LogP contribution is 2.26. The Balaban J connectivity index is 2.58. The molecular weight excluding hydrogens is 204 g/mol. The van der Waals surface area contributed by atoms with Gasteiger partial charge in [-0.2, -0.15) is 5.10 Å². The summed E-state index contributed by atoms with van der Waals surface area (Å²) in [6, 6.07) is 0. The Kier molecular flexibility index (Phi) is 1.60. The Hall–Kier alpha value is -0.570. The van der Waals surface area contributed by atoms with Gasteiger partial charge in [-0.1, -0.05) is 12.2 Å². The summed E-state index contributed by atoms with van der Waals surface area (Å²) >= 11 is 3.43.